The second-order valence-electron chi connectivity index (χ2n) is 4.28. The quantitative estimate of drug-likeness (QED) is 0.650. The average molecular weight is 321 g/mol. The van der Waals surface area contributed by atoms with Crippen LogP contribution in [0.5, 0.6) is 5.75 Å². The van der Waals surface area contributed by atoms with Crippen LogP contribution in [0.3, 0.4) is 0 Å². The van der Waals surface area contributed by atoms with Crippen LogP contribution in [-0.4, -0.2) is 13.2 Å². The fraction of sp³-hybridized carbons (Fsp3) is 0.200. The van der Waals surface area contributed by atoms with E-state index in [2.05, 4.69) is 21.2 Å². The lowest BCUT2D eigenvalue weighted by atomic mass is 10.2. The zero-order chi connectivity index (χ0) is 13.7. The molecule has 0 aliphatic carbocycles. The Morgan fingerprint density at radius 1 is 1.21 bits per heavy atom. The number of hydrogen-bond donors (Lipinski definition) is 2. The molecule has 2 rings (SSSR count). The van der Waals surface area contributed by atoms with Gasteiger partial charge in [-0.25, -0.2) is 0 Å². The highest BCUT2D eigenvalue weighted by Crippen LogP contribution is 2.27. The lowest BCUT2D eigenvalue weighted by molar-refractivity contribution is 0.333. The predicted molar refractivity (Wildman–Crippen MR) is 83.7 cm³/mol. The molecule has 0 atom stereocenters. The van der Waals surface area contributed by atoms with Gasteiger partial charge in [-0.15, -0.1) is 0 Å². The SMILES string of the molecule is Cc1cc(NCCOc2ccccc2)c(Br)cc1N. The summed E-state index contributed by atoms with van der Waals surface area (Å²) in [4.78, 5) is 0. The molecule has 0 aliphatic rings. The van der Waals surface area contributed by atoms with Gasteiger partial charge in [0.25, 0.3) is 0 Å². The third-order valence-corrected chi connectivity index (χ3v) is 3.44. The summed E-state index contributed by atoms with van der Waals surface area (Å²) < 4.78 is 6.59. The van der Waals surface area contributed by atoms with E-state index in [9.17, 15) is 0 Å². The molecule has 0 fully saturated rings. The minimum Gasteiger partial charge on any atom is -0.492 e. The highest BCUT2D eigenvalue weighted by atomic mass is 79.9. The number of rotatable bonds is 5. The number of aryl methyl sites for hydroxylation is 1. The third kappa shape index (κ3) is 3.89. The minimum atomic E-state index is 0.611. The summed E-state index contributed by atoms with van der Waals surface area (Å²) in [5, 5.41) is 3.32. The molecule has 0 aliphatic heterocycles. The van der Waals surface area contributed by atoms with E-state index >= 15 is 0 Å². The summed E-state index contributed by atoms with van der Waals surface area (Å²) in [6.07, 6.45) is 0. The van der Waals surface area contributed by atoms with E-state index in [4.69, 9.17) is 10.5 Å². The van der Waals surface area contributed by atoms with Crippen LogP contribution in [0.1, 0.15) is 5.56 Å². The number of anilines is 2. The van der Waals surface area contributed by atoms with Crippen LogP contribution in [0.15, 0.2) is 46.9 Å². The molecule has 0 amide bonds. The maximum Gasteiger partial charge on any atom is 0.119 e. The highest BCUT2D eigenvalue weighted by molar-refractivity contribution is 9.10. The van der Waals surface area contributed by atoms with E-state index < -0.39 is 0 Å². The Morgan fingerprint density at radius 2 is 1.95 bits per heavy atom. The van der Waals surface area contributed by atoms with E-state index in [0.717, 1.165) is 33.7 Å². The molecule has 0 unspecified atom stereocenters. The van der Waals surface area contributed by atoms with E-state index in [-0.39, 0.29) is 0 Å². The van der Waals surface area contributed by atoms with Crippen LogP contribution in [0.25, 0.3) is 0 Å². The van der Waals surface area contributed by atoms with Crippen molar-refractivity contribution in [2.24, 2.45) is 0 Å². The molecule has 100 valence electrons. The topological polar surface area (TPSA) is 47.3 Å². The van der Waals surface area contributed by atoms with Crippen molar-refractivity contribution in [3.63, 3.8) is 0 Å². The molecule has 0 spiro atoms. The van der Waals surface area contributed by atoms with Gasteiger partial charge in [-0.2, -0.15) is 0 Å². The van der Waals surface area contributed by atoms with Gasteiger partial charge in [-0.05, 0) is 52.7 Å². The van der Waals surface area contributed by atoms with Crippen molar-refractivity contribution >= 4 is 27.3 Å². The molecule has 0 aromatic heterocycles. The van der Waals surface area contributed by atoms with Crippen molar-refractivity contribution < 1.29 is 4.74 Å². The number of benzene rings is 2. The average Bonchev–Trinajstić information content (AvgIpc) is 2.41. The molecular weight excluding hydrogens is 304 g/mol. The molecular formula is C15H17BrN2O. The number of para-hydroxylation sites is 1. The normalized spacial score (nSPS) is 10.2. The van der Waals surface area contributed by atoms with Crippen LogP contribution in [0, 0.1) is 6.92 Å². The third-order valence-electron chi connectivity index (χ3n) is 2.79. The van der Waals surface area contributed by atoms with Gasteiger partial charge in [-0.1, -0.05) is 18.2 Å². The molecule has 3 nitrogen and oxygen atoms in total. The van der Waals surface area contributed by atoms with Crippen LogP contribution < -0.4 is 15.8 Å². The van der Waals surface area contributed by atoms with E-state index in [0.29, 0.717) is 6.61 Å². The first-order valence-electron chi connectivity index (χ1n) is 6.14. The lowest BCUT2D eigenvalue weighted by Gasteiger charge is -2.12. The molecule has 0 heterocycles. The van der Waals surface area contributed by atoms with Crippen molar-refractivity contribution in [3.8, 4) is 5.75 Å². The first-order valence-corrected chi connectivity index (χ1v) is 6.93. The van der Waals surface area contributed by atoms with E-state index in [1.807, 2.05) is 49.4 Å². The second-order valence-corrected chi connectivity index (χ2v) is 5.13. The summed E-state index contributed by atoms with van der Waals surface area (Å²) in [5.41, 5.74) is 8.72. The molecule has 2 aromatic rings. The number of nitrogen functional groups attached to an aromatic ring is 1. The summed E-state index contributed by atoms with van der Waals surface area (Å²) in [5.74, 6) is 0.886. The predicted octanol–water partition coefficient (Wildman–Crippen LogP) is 3.83. The van der Waals surface area contributed by atoms with Crippen molar-refractivity contribution in [1.82, 2.24) is 0 Å². The van der Waals surface area contributed by atoms with E-state index in [1.54, 1.807) is 0 Å². The van der Waals surface area contributed by atoms with Crippen LogP contribution in [0.4, 0.5) is 11.4 Å². The maximum atomic E-state index is 5.84. The monoisotopic (exact) mass is 320 g/mol. The number of nitrogens with one attached hydrogen (secondary N) is 1. The van der Waals surface area contributed by atoms with Crippen molar-refractivity contribution in [2.75, 3.05) is 24.2 Å². The number of halogens is 1. The van der Waals surface area contributed by atoms with Crippen molar-refractivity contribution in [3.05, 3.63) is 52.5 Å². The zero-order valence-electron chi connectivity index (χ0n) is 10.8. The standard InChI is InChI=1S/C15H17BrN2O/c1-11-9-15(13(16)10-14(11)17)18-7-8-19-12-5-3-2-4-6-12/h2-6,9-10,18H,7-8,17H2,1H3. The fourth-order valence-corrected chi connectivity index (χ4v) is 2.20. The van der Waals surface area contributed by atoms with Gasteiger partial charge in [0.1, 0.15) is 12.4 Å². The Bertz CT molecular complexity index is 543. The fourth-order valence-electron chi connectivity index (χ4n) is 1.70. The highest BCUT2D eigenvalue weighted by Gasteiger charge is 2.03. The van der Waals surface area contributed by atoms with Gasteiger partial charge in [0.2, 0.25) is 0 Å². The Kier molecular flexibility index (Phi) is 4.68. The number of ether oxygens (including phenoxy) is 1. The Balaban J connectivity index is 1.85. The van der Waals surface area contributed by atoms with Crippen molar-refractivity contribution in [2.45, 2.75) is 6.92 Å². The summed E-state index contributed by atoms with van der Waals surface area (Å²) in [6, 6.07) is 13.7. The first-order chi connectivity index (χ1) is 9.16. The molecule has 0 bridgehead atoms. The minimum absolute atomic E-state index is 0.611. The summed E-state index contributed by atoms with van der Waals surface area (Å²) in [6.45, 7) is 3.34. The van der Waals surface area contributed by atoms with Gasteiger partial charge in [0.15, 0.2) is 0 Å². The number of hydrogen-bond acceptors (Lipinski definition) is 3. The Labute approximate surface area is 121 Å². The van der Waals surface area contributed by atoms with E-state index in [1.165, 1.54) is 0 Å². The molecule has 2 aromatic carbocycles. The first kappa shape index (κ1) is 13.7. The molecule has 4 heteroatoms. The Morgan fingerprint density at radius 3 is 2.68 bits per heavy atom. The largest absolute Gasteiger partial charge is 0.492 e. The zero-order valence-corrected chi connectivity index (χ0v) is 12.4. The summed E-state index contributed by atoms with van der Waals surface area (Å²) >= 11 is 3.49. The molecule has 19 heavy (non-hydrogen) atoms. The second kappa shape index (κ2) is 6.48. The molecule has 0 saturated carbocycles. The van der Waals surface area contributed by atoms with Gasteiger partial charge >= 0.3 is 0 Å². The van der Waals surface area contributed by atoms with Gasteiger partial charge in [0, 0.05) is 22.4 Å². The van der Waals surface area contributed by atoms with Crippen LogP contribution >= 0.6 is 15.9 Å². The van der Waals surface area contributed by atoms with Crippen LogP contribution in [0.2, 0.25) is 0 Å². The maximum absolute atomic E-state index is 5.84. The molecule has 0 radical (unpaired) electrons. The molecule has 0 saturated heterocycles. The number of nitrogens with two attached hydrogens (primary N) is 1. The van der Waals surface area contributed by atoms with Gasteiger partial charge < -0.3 is 15.8 Å². The summed E-state index contributed by atoms with van der Waals surface area (Å²) in [7, 11) is 0. The van der Waals surface area contributed by atoms with Crippen molar-refractivity contribution in [1.29, 1.82) is 0 Å². The van der Waals surface area contributed by atoms with Gasteiger partial charge in [-0.3, -0.25) is 0 Å². The lowest BCUT2D eigenvalue weighted by Crippen LogP contribution is -2.12. The van der Waals surface area contributed by atoms with Crippen LogP contribution in [-0.2, 0) is 0 Å². The van der Waals surface area contributed by atoms with Gasteiger partial charge in [0.05, 0.1) is 0 Å². The molecule has 3 N–H and O–H groups in total. The Hall–Kier alpha value is -1.68. The smallest absolute Gasteiger partial charge is 0.119 e.